The van der Waals surface area contributed by atoms with Gasteiger partial charge in [0, 0.05) is 74.4 Å². The molecule has 4 aromatic rings. The number of fused-ring (bicyclic) bond motifs is 1. The zero-order valence-corrected chi connectivity index (χ0v) is 19.5. The number of nitrogens with one attached hydrogen (secondary N) is 2. The molecule has 0 spiro atoms. The van der Waals surface area contributed by atoms with E-state index in [0.717, 1.165) is 55.7 Å². The van der Waals surface area contributed by atoms with Crippen LogP contribution in [0.2, 0.25) is 0 Å². The van der Waals surface area contributed by atoms with Gasteiger partial charge < -0.3 is 10.3 Å². The summed E-state index contributed by atoms with van der Waals surface area (Å²) in [6.07, 6.45) is 8.60. The summed E-state index contributed by atoms with van der Waals surface area (Å²) in [6, 6.07) is 8.28. The molecule has 1 aromatic carbocycles. The van der Waals surface area contributed by atoms with Crippen LogP contribution in [-0.4, -0.2) is 55.8 Å². The highest BCUT2D eigenvalue weighted by atomic mass is 19.1. The standard InChI is InChI=1S/C26H30FN7/c1-17(33-10-8-28-9-11-33)19-6-7-29-21(12-19)13-24-31-23-5-4-22(25(27)26(23)32-24)20-14-30-34(16-20)15-18-2-3-18/h4-7,12,14,16-18,28H,2-3,8-11,13,15H2,1H3,(H,31,32). The third-order valence-electron chi connectivity index (χ3n) is 7.10. The number of benzene rings is 1. The Kier molecular flexibility index (Phi) is 5.63. The molecule has 2 aliphatic rings. The summed E-state index contributed by atoms with van der Waals surface area (Å²) >= 11 is 0. The largest absolute Gasteiger partial charge is 0.342 e. The average Bonchev–Trinajstić information content (AvgIpc) is 3.39. The van der Waals surface area contributed by atoms with Crippen LogP contribution < -0.4 is 5.32 Å². The molecule has 1 saturated heterocycles. The first-order valence-corrected chi connectivity index (χ1v) is 12.2. The van der Waals surface area contributed by atoms with Crippen molar-refractivity contribution >= 4 is 11.0 Å². The van der Waals surface area contributed by atoms with E-state index in [4.69, 9.17) is 0 Å². The molecule has 1 saturated carbocycles. The van der Waals surface area contributed by atoms with Crippen molar-refractivity contribution in [2.45, 2.75) is 38.8 Å². The van der Waals surface area contributed by atoms with Crippen molar-refractivity contribution in [2.24, 2.45) is 5.92 Å². The minimum Gasteiger partial charge on any atom is -0.342 e. The number of aromatic amines is 1. The van der Waals surface area contributed by atoms with E-state index in [-0.39, 0.29) is 5.82 Å². The van der Waals surface area contributed by atoms with Gasteiger partial charge in [0.25, 0.3) is 0 Å². The van der Waals surface area contributed by atoms with E-state index in [1.54, 1.807) is 6.20 Å². The molecule has 8 heteroatoms. The van der Waals surface area contributed by atoms with Gasteiger partial charge in [0.15, 0.2) is 5.82 Å². The molecular formula is C26H30FN7. The van der Waals surface area contributed by atoms with Crippen molar-refractivity contribution in [3.05, 3.63) is 65.8 Å². The minimum absolute atomic E-state index is 0.306. The third-order valence-corrected chi connectivity index (χ3v) is 7.10. The number of halogens is 1. The molecule has 7 nitrogen and oxygen atoms in total. The Balaban J connectivity index is 1.22. The number of H-pyrrole nitrogens is 1. The second kappa shape index (κ2) is 8.92. The van der Waals surface area contributed by atoms with E-state index in [1.807, 2.05) is 29.2 Å². The number of nitrogens with zero attached hydrogens (tertiary/aromatic N) is 5. The van der Waals surface area contributed by atoms with Crippen molar-refractivity contribution in [2.75, 3.05) is 26.2 Å². The molecule has 2 fully saturated rings. The SMILES string of the molecule is CC(c1ccnc(Cc2nc3c(F)c(-c4cnn(CC5CC5)c4)ccc3[nH]2)c1)N1CCNCC1. The second-order valence-electron chi connectivity index (χ2n) is 9.62. The summed E-state index contributed by atoms with van der Waals surface area (Å²) in [7, 11) is 0. The summed E-state index contributed by atoms with van der Waals surface area (Å²) in [5.74, 6) is 1.14. The minimum atomic E-state index is -0.306. The fourth-order valence-corrected chi connectivity index (χ4v) is 4.87. The highest BCUT2D eigenvalue weighted by molar-refractivity contribution is 5.82. The van der Waals surface area contributed by atoms with Crippen LogP contribution in [-0.2, 0) is 13.0 Å². The van der Waals surface area contributed by atoms with Crippen LogP contribution >= 0.6 is 0 Å². The first kappa shape index (κ1) is 21.4. The summed E-state index contributed by atoms with van der Waals surface area (Å²) < 4.78 is 17.3. The lowest BCUT2D eigenvalue weighted by Crippen LogP contribution is -2.44. The van der Waals surface area contributed by atoms with Crippen LogP contribution in [0.5, 0.6) is 0 Å². The highest BCUT2D eigenvalue weighted by Gasteiger charge is 2.23. The highest BCUT2D eigenvalue weighted by Crippen LogP contribution is 2.32. The lowest BCUT2D eigenvalue weighted by Gasteiger charge is -2.33. The predicted molar refractivity (Wildman–Crippen MR) is 130 cm³/mol. The first-order valence-electron chi connectivity index (χ1n) is 12.2. The summed E-state index contributed by atoms with van der Waals surface area (Å²) in [6.45, 7) is 7.30. The Morgan fingerprint density at radius 3 is 2.85 bits per heavy atom. The van der Waals surface area contributed by atoms with Crippen LogP contribution in [0, 0.1) is 11.7 Å². The van der Waals surface area contributed by atoms with Gasteiger partial charge >= 0.3 is 0 Å². The number of hydrogen-bond acceptors (Lipinski definition) is 5. The molecule has 2 N–H and O–H groups in total. The van der Waals surface area contributed by atoms with Crippen molar-refractivity contribution in [1.29, 1.82) is 0 Å². The molecule has 1 atom stereocenters. The van der Waals surface area contributed by atoms with Gasteiger partial charge in [0.1, 0.15) is 11.3 Å². The fraction of sp³-hybridized carbons (Fsp3) is 0.423. The van der Waals surface area contributed by atoms with Gasteiger partial charge in [-0.15, -0.1) is 0 Å². The Morgan fingerprint density at radius 2 is 2.03 bits per heavy atom. The number of hydrogen-bond donors (Lipinski definition) is 2. The van der Waals surface area contributed by atoms with Crippen LogP contribution in [0.4, 0.5) is 4.39 Å². The molecule has 1 unspecified atom stereocenters. The quantitative estimate of drug-likeness (QED) is 0.438. The number of pyridine rings is 1. The monoisotopic (exact) mass is 459 g/mol. The smallest absolute Gasteiger partial charge is 0.158 e. The number of piperazine rings is 1. The van der Waals surface area contributed by atoms with E-state index in [1.165, 1.54) is 18.4 Å². The summed E-state index contributed by atoms with van der Waals surface area (Å²) in [4.78, 5) is 14.9. The van der Waals surface area contributed by atoms with Crippen LogP contribution in [0.3, 0.4) is 0 Å². The number of rotatable bonds is 7. The molecule has 0 bridgehead atoms. The Bertz CT molecular complexity index is 1300. The van der Waals surface area contributed by atoms with Gasteiger partial charge in [-0.2, -0.15) is 5.10 Å². The van der Waals surface area contributed by atoms with Gasteiger partial charge in [-0.05, 0) is 55.5 Å². The van der Waals surface area contributed by atoms with Gasteiger partial charge in [-0.25, -0.2) is 9.37 Å². The average molecular weight is 460 g/mol. The molecule has 0 amide bonds. The molecule has 6 rings (SSSR count). The molecule has 1 aliphatic carbocycles. The molecule has 34 heavy (non-hydrogen) atoms. The lowest BCUT2D eigenvalue weighted by molar-refractivity contribution is 0.185. The van der Waals surface area contributed by atoms with Crippen molar-refractivity contribution in [3.63, 3.8) is 0 Å². The molecule has 3 aromatic heterocycles. The summed E-state index contributed by atoms with van der Waals surface area (Å²) in [5.41, 5.74) is 4.58. The normalized spacial score (nSPS) is 17.9. The Labute approximate surface area is 198 Å². The van der Waals surface area contributed by atoms with Gasteiger partial charge in [0.05, 0.1) is 11.7 Å². The van der Waals surface area contributed by atoms with E-state index in [9.17, 15) is 0 Å². The first-order chi connectivity index (χ1) is 16.6. The zero-order valence-electron chi connectivity index (χ0n) is 19.5. The molecule has 1 aliphatic heterocycles. The van der Waals surface area contributed by atoms with E-state index in [0.29, 0.717) is 29.1 Å². The van der Waals surface area contributed by atoms with E-state index < -0.39 is 0 Å². The Morgan fingerprint density at radius 1 is 1.18 bits per heavy atom. The van der Waals surface area contributed by atoms with Crippen molar-refractivity contribution in [1.82, 2.24) is 34.9 Å². The zero-order chi connectivity index (χ0) is 23.1. The molecule has 176 valence electrons. The van der Waals surface area contributed by atoms with Gasteiger partial charge in [0.2, 0.25) is 0 Å². The van der Waals surface area contributed by atoms with Crippen LogP contribution in [0.15, 0.2) is 42.9 Å². The molecule has 0 radical (unpaired) electrons. The van der Waals surface area contributed by atoms with Gasteiger partial charge in [-0.3, -0.25) is 14.6 Å². The number of aromatic nitrogens is 5. The molecular weight excluding hydrogens is 429 g/mol. The predicted octanol–water partition coefficient (Wildman–Crippen LogP) is 3.93. The maximum atomic E-state index is 15.4. The van der Waals surface area contributed by atoms with E-state index >= 15 is 4.39 Å². The third kappa shape index (κ3) is 4.35. The number of imidazole rings is 1. The van der Waals surface area contributed by atoms with Crippen LogP contribution in [0.25, 0.3) is 22.2 Å². The fourth-order valence-electron chi connectivity index (χ4n) is 4.87. The maximum absolute atomic E-state index is 15.4. The van der Waals surface area contributed by atoms with Crippen LogP contribution in [0.1, 0.15) is 42.9 Å². The van der Waals surface area contributed by atoms with Gasteiger partial charge in [-0.1, -0.05) is 0 Å². The second-order valence-corrected chi connectivity index (χ2v) is 9.62. The topological polar surface area (TPSA) is 74.7 Å². The Hall–Kier alpha value is -3.10. The maximum Gasteiger partial charge on any atom is 0.158 e. The lowest BCUT2D eigenvalue weighted by atomic mass is 10.1. The van der Waals surface area contributed by atoms with Crippen molar-refractivity contribution < 1.29 is 4.39 Å². The summed E-state index contributed by atoms with van der Waals surface area (Å²) in [5, 5.41) is 7.82. The van der Waals surface area contributed by atoms with E-state index in [2.05, 4.69) is 49.3 Å². The van der Waals surface area contributed by atoms with Crippen molar-refractivity contribution in [3.8, 4) is 11.1 Å². The molecule has 4 heterocycles.